The van der Waals surface area contributed by atoms with Crippen LogP contribution in [0.5, 0.6) is 0 Å². The molecule has 4 unspecified atom stereocenters. The molecule has 2 saturated heterocycles. The van der Waals surface area contributed by atoms with E-state index in [0.29, 0.717) is 6.42 Å². The first kappa shape index (κ1) is 11.9. The van der Waals surface area contributed by atoms with Gasteiger partial charge in [0.05, 0.1) is 19.0 Å². The summed E-state index contributed by atoms with van der Waals surface area (Å²) in [6, 6.07) is -0.563. The van der Waals surface area contributed by atoms with E-state index in [-0.39, 0.29) is 19.0 Å². The summed E-state index contributed by atoms with van der Waals surface area (Å²) in [5.41, 5.74) is 0. The van der Waals surface area contributed by atoms with Crippen molar-refractivity contribution in [2.45, 2.75) is 36.8 Å². The normalized spacial score (nSPS) is 38.6. The molecule has 0 N–H and O–H groups in total. The Morgan fingerprint density at radius 1 is 1.25 bits per heavy atom. The molecule has 0 amide bonds. The monoisotopic (exact) mass is 249 g/mol. The Morgan fingerprint density at radius 3 is 2.56 bits per heavy atom. The van der Waals surface area contributed by atoms with Gasteiger partial charge in [-0.25, -0.2) is 8.42 Å². The highest BCUT2D eigenvalue weighted by Gasteiger charge is 2.52. The van der Waals surface area contributed by atoms with E-state index in [1.165, 1.54) is 0 Å². The van der Waals surface area contributed by atoms with Gasteiger partial charge in [0.2, 0.25) is 0 Å². The zero-order chi connectivity index (χ0) is 11.8. The number of sulfone groups is 1. The maximum Gasteiger partial charge on any atom is 0.158 e. The van der Waals surface area contributed by atoms with Crippen LogP contribution in [0.2, 0.25) is 0 Å². The number of fused-ring (bicyclic) bond motifs is 1. The molecule has 2 aliphatic heterocycles. The van der Waals surface area contributed by atoms with Crippen molar-refractivity contribution in [3.05, 3.63) is 4.91 Å². The van der Waals surface area contributed by atoms with Gasteiger partial charge in [-0.2, -0.15) is 4.91 Å². The third-order valence-corrected chi connectivity index (χ3v) is 5.37. The van der Waals surface area contributed by atoms with Crippen molar-refractivity contribution in [2.75, 3.05) is 19.0 Å². The molecule has 0 spiro atoms. The van der Waals surface area contributed by atoms with Crippen molar-refractivity contribution in [3.63, 3.8) is 0 Å². The maximum atomic E-state index is 11.9. The average Bonchev–Trinajstić information content (AvgIpc) is 2.76. The molecule has 0 radical (unpaired) electrons. The van der Waals surface area contributed by atoms with Gasteiger partial charge in [-0.15, -0.1) is 0 Å². The van der Waals surface area contributed by atoms with Crippen molar-refractivity contribution < 1.29 is 17.9 Å². The minimum atomic E-state index is -3.19. The van der Waals surface area contributed by atoms with Crippen molar-refractivity contribution in [1.82, 2.24) is 0 Å². The van der Waals surface area contributed by atoms with Crippen LogP contribution in [0.3, 0.4) is 0 Å². The van der Waals surface area contributed by atoms with Crippen molar-refractivity contribution in [2.24, 2.45) is 5.18 Å². The first-order chi connectivity index (χ1) is 7.60. The minimum absolute atomic E-state index is 0.115. The summed E-state index contributed by atoms with van der Waals surface area (Å²) in [7, 11) is -3.19. The molecule has 0 saturated carbocycles. The van der Waals surface area contributed by atoms with Crippen molar-refractivity contribution in [3.8, 4) is 0 Å². The van der Waals surface area contributed by atoms with Crippen molar-refractivity contribution >= 4 is 9.84 Å². The first-order valence-corrected chi connectivity index (χ1v) is 7.09. The van der Waals surface area contributed by atoms with Crippen LogP contribution in [-0.4, -0.2) is 50.9 Å². The molecule has 2 heterocycles. The van der Waals surface area contributed by atoms with Gasteiger partial charge in [-0.3, -0.25) is 0 Å². The number of nitroso groups, excluding NO2 is 1. The van der Waals surface area contributed by atoms with E-state index in [9.17, 15) is 13.3 Å². The summed E-state index contributed by atoms with van der Waals surface area (Å²) in [6.07, 6.45) is -0.417. The molecule has 6 nitrogen and oxygen atoms in total. The molecule has 2 rings (SSSR count). The third kappa shape index (κ3) is 1.87. The zero-order valence-electron chi connectivity index (χ0n) is 9.03. The Morgan fingerprint density at radius 2 is 1.94 bits per heavy atom. The topological polar surface area (TPSA) is 82.0 Å². The van der Waals surface area contributed by atoms with Crippen LogP contribution in [0.15, 0.2) is 5.18 Å². The summed E-state index contributed by atoms with van der Waals surface area (Å²) >= 11 is 0. The minimum Gasteiger partial charge on any atom is -0.372 e. The van der Waals surface area contributed by atoms with Crippen LogP contribution in [0.4, 0.5) is 0 Å². The highest BCUT2D eigenvalue weighted by Crippen LogP contribution is 2.32. The van der Waals surface area contributed by atoms with E-state index in [0.717, 1.165) is 0 Å². The second-order valence-electron chi connectivity index (χ2n) is 4.17. The predicted octanol–water partition coefficient (Wildman–Crippen LogP) is 0.112. The largest absolute Gasteiger partial charge is 0.372 e. The summed E-state index contributed by atoms with van der Waals surface area (Å²) in [5, 5.41) is 2.26. The molecule has 0 aromatic heterocycles. The zero-order valence-corrected chi connectivity index (χ0v) is 9.85. The van der Waals surface area contributed by atoms with Gasteiger partial charge >= 0.3 is 0 Å². The van der Waals surface area contributed by atoms with Gasteiger partial charge in [0.1, 0.15) is 23.5 Å². The van der Waals surface area contributed by atoms with Crippen LogP contribution in [0.1, 0.15) is 13.3 Å². The lowest BCUT2D eigenvalue weighted by atomic mass is 10.1. The lowest BCUT2D eigenvalue weighted by Crippen LogP contribution is -2.37. The summed E-state index contributed by atoms with van der Waals surface area (Å²) < 4.78 is 34.5. The number of hydrogen-bond acceptors (Lipinski definition) is 6. The lowest BCUT2D eigenvalue weighted by Gasteiger charge is -2.15. The number of hydrogen-bond donors (Lipinski definition) is 0. The molecule has 2 fully saturated rings. The molecule has 0 aliphatic carbocycles. The Kier molecular flexibility index (Phi) is 3.27. The summed E-state index contributed by atoms with van der Waals surface area (Å²) in [5.74, 6) is 0.132. The molecule has 0 aromatic carbocycles. The SMILES string of the molecule is CCCS(=O)(=O)C1COC2C(N=O)COC21. The molecule has 7 heteroatoms. The molecule has 4 atom stereocenters. The Hall–Kier alpha value is -0.530. The first-order valence-electron chi connectivity index (χ1n) is 5.37. The van der Waals surface area contributed by atoms with Crippen molar-refractivity contribution in [1.29, 1.82) is 0 Å². The highest BCUT2D eigenvalue weighted by molar-refractivity contribution is 7.92. The van der Waals surface area contributed by atoms with Gasteiger partial charge in [0.15, 0.2) is 9.84 Å². The van der Waals surface area contributed by atoms with Gasteiger partial charge in [0, 0.05) is 0 Å². The van der Waals surface area contributed by atoms with Crippen LogP contribution < -0.4 is 0 Å². The van der Waals surface area contributed by atoms with E-state index in [1.54, 1.807) is 0 Å². The van der Waals surface area contributed by atoms with Crippen LogP contribution >= 0.6 is 0 Å². The fraction of sp³-hybridized carbons (Fsp3) is 1.00. The second kappa shape index (κ2) is 4.38. The van der Waals surface area contributed by atoms with E-state index in [4.69, 9.17) is 9.47 Å². The van der Waals surface area contributed by atoms with E-state index >= 15 is 0 Å². The molecule has 92 valence electrons. The Balaban J connectivity index is 2.13. The maximum absolute atomic E-state index is 11.9. The van der Waals surface area contributed by atoms with Gasteiger partial charge in [-0.1, -0.05) is 12.1 Å². The number of rotatable bonds is 4. The fourth-order valence-electron chi connectivity index (χ4n) is 2.28. The van der Waals surface area contributed by atoms with Gasteiger partial charge in [-0.05, 0) is 6.42 Å². The van der Waals surface area contributed by atoms with Crippen LogP contribution in [0, 0.1) is 4.91 Å². The highest BCUT2D eigenvalue weighted by atomic mass is 32.2. The molecular weight excluding hydrogens is 234 g/mol. The second-order valence-corrected chi connectivity index (χ2v) is 6.51. The molecule has 16 heavy (non-hydrogen) atoms. The molecule has 0 aromatic rings. The molecular formula is C9H15NO5S. The Bertz CT molecular complexity index is 368. The van der Waals surface area contributed by atoms with E-state index < -0.39 is 33.3 Å². The van der Waals surface area contributed by atoms with E-state index in [1.807, 2.05) is 6.92 Å². The number of nitrogens with zero attached hydrogens (tertiary/aromatic N) is 1. The smallest absolute Gasteiger partial charge is 0.158 e. The van der Waals surface area contributed by atoms with Gasteiger partial charge < -0.3 is 9.47 Å². The van der Waals surface area contributed by atoms with Crippen LogP contribution in [0.25, 0.3) is 0 Å². The third-order valence-electron chi connectivity index (χ3n) is 3.07. The molecule has 0 bridgehead atoms. The average molecular weight is 249 g/mol. The summed E-state index contributed by atoms with van der Waals surface area (Å²) in [6.45, 7) is 2.09. The van der Waals surface area contributed by atoms with E-state index in [2.05, 4.69) is 5.18 Å². The fourth-order valence-corrected chi connectivity index (χ4v) is 4.08. The lowest BCUT2D eigenvalue weighted by molar-refractivity contribution is 0.0712. The van der Waals surface area contributed by atoms with Gasteiger partial charge in [0.25, 0.3) is 0 Å². The standard InChI is InChI=1S/C9H15NO5S/c1-2-3-16(12,13)7-5-15-8-6(10-11)4-14-9(7)8/h6-9H,2-5H2,1H3. The predicted molar refractivity (Wildman–Crippen MR) is 56.9 cm³/mol. The Labute approximate surface area is 94.2 Å². The molecule has 2 aliphatic rings. The summed E-state index contributed by atoms with van der Waals surface area (Å²) in [4.78, 5) is 10.5. The number of ether oxygens (including phenoxy) is 2. The quantitative estimate of drug-likeness (QED) is 0.660. The van der Waals surface area contributed by atoms with Crippen LogP contribution in [-0.2, 0) is 19.3 Å².